The van der Waals surface area contributed by atoms with E-state index in [1.54, 1.807) is 0 Å². The number of aliphatic hydroxyl groups is 3. The molecule has 0 amide bonds. The van der Waals surface area contributed by atoms with Crippen molar-refractivity contribution in [1.82, 2.24) is 4.90 Å². The Morgan fingerprint density at radius 2 is 2.00 bits per heavy atom. The topological polar surface area (TPSA) is 117 Å². The van der Waals surface area contributed by atoms with E-state index >= 15 is 0 Å². The monoisotopic (exact) mass is 369 g/mol. The van der Waals surface area contributed by atoms with E-state index in [1.807, 2.05) is 6.08 Å². The van der Waals surface area contributed by atoms with Crippen LogP contribution in [0.25, 0.3) is 0 Å². The second-order valence-corrected chi connectivity index (χ2v) is 7.88. The number of ether oxygens (including phenoxy) is 2. The predicted octanol–water partition coefficient (Wildman–Crippen LogP) is -0.642. The van der Waals surface area contributed by atoms with Gasteiger partial charge in [0.15, 0.2) is 11.2 Å². The lowest BCUT2D eigenvalue weighted by Gasteiger charge is -2.37. The minimum Gasteiger partial charge on any atom is -0.459 e. The lowest BCUT2D eigenvalue weighted by molar-refractivity contribution is -0.193. The maximum absolute atomic E-state index is 12.7. The lowest BCUT2D eigenvalue weighted by atomic mass is 9.79. The molecule has 6 atom stereocenters. The Morgan fingerprint density at radius 3 is 2.65 bits per heavy atom. The van der Waals surface area contributed by atoms with Crippen molar-refractivity contribution in [3.63, 3.8) is 0 Å². The van der Waals surface area contributed by atoms with E-state index in [2.05, 4.69) is 4.90 Å². The first-order valence-electron chi connectivity index (χ1n) is 9.01. The number of carbonyl (C=O) groups is 2. The van der Waals surface area contributed by atoms with Crippen LogP contribution in [0.5, 0.6) is 0 Å². The fraction of sp³-hybridized carbons (Fsp3) is 0.778. The number of nitrogens with zero attached hydrogens (tertiary/aromatic N) is 1. The highest BCUT2D eigenvalue weighted by Gasteiger charge is 2.52. The molecule has 2 fully saturated rings. The number of carbonyl (C=O) groups excluding carboxylic acids is 2. The third-order valence-corrected chi connectivity index (χ3v) is 6.08. The van der Waals surface area contributed by atoms with Gasteiger partial charge in [0.25, 0.3) is 0 Å². The normalized spacial score (nSPS) is 42.8. The number of hydrogen-bond acceptors (Lipinski definition) is 8. The van der Waals surface area contributed by atoms with Crippen LogP contribution in [0.1, 0.15) is 33.6 Å². The zero-order chi connectivity index (χ0) is 19.3. The molecule has 0 aromatic heterocycles. The van der Waals surface area contributed by atoms with E-state index in [-0.39, 0.29) is 19.1 Å². The van der Waals surface area contributed by atoms with Crippen LogP contribution in [0, 0.1) is 5.92 Å². The molecule has 0 aromatic carbocycles. The zero-order valence-electron chi connectivity index (χ0n) is 15.3. The minimum atomic E-state index is -2.22. The van der Waals surface area contributed by atoms with E-state index in [0.29, 0.717) is 13.0 Å². The van der Waals surface area contributed by atoms with Crippen LogP contribution in [-0.2, 0) is 19.1 Å². The molecular weight excluding hydrogens is 342 g/mol. The summed E-state index contributed by atoms with van der Waals surface area (Å²) >= 11 is 0. The molecule has 2 saturated heterocycles. The van der Waals surface area contributed by atoms with E-state index < -0.39 is 41.3 Å². The van der Waals surface area contributed by atoms with Crippen LogP contribution in [0.15, 0.2) is 11.6 Å². The third-order valence-electron chi connectivity index (χ3n) is 6.08. The van der Waals surface area contributed by atoms with Gasteiger partial charge in [-0.2, -0.15) is 0 Å². The molecule has 0 aromatic rings. The summed E-state index contributed by atoms with van der Waals surface area (Å²) in [6, 6.07) is -0.216. The van der Waals surface area contributed by atoms with E-state index in [4.69, 9.17) is 9.47 Å². The number of esters is 2. The van der Waals surface area contributed by atoms with Gasteiger partial charge in [-0.3, -0.25) is 4.90 Å². The summed E-state index contributed by atoms with van der Waals surface area (Å²) in [7, 11) is 0. The molecule has 0 saturated carbocycles. The Morgan fingerprint density at radius 1 is 1.31 bits per heavy atom. The van der Waals surface area contributed by atoms with Gasteiger partial charge in [0.05, 0.1) is 12.1 Å². The van der Waals surface area contributed by atoms with Crippen molar-refractivity contribution in [3.8, 4) is 0 Å². The van der Waals surface area contributed by atoms with Gasteiger partial charge in [0.2, 0.25) is 0 Å². The van der Waals surface area contributed by atoms with Crippen LogP contribution in [0.3, 0.4) is 0 Å². The molecule has 26 heavy (non-hydrogen) atoms. The Bertz CT molecular complexity index is 629. The molecule has 3 rings (SSSR count). The SMILES string of the molecule is C[C@@H]1C[C@](O)([C@@H](C)O)C(=O)O[C@@H]2CCN3CC=C(COC(=O)[C@]1(C)O)[C@H]23. The predicted molar refractivity (Wildman–Crippen MR) is 89.9 cm³/mol. The van der Waals surface area contributed by atoms with Crippen molar-refractivity contribution in [2.24, 2.45) is 5.92 Å². The van der Waals surface area contributed by atoms with Crippen molar-refractivity contribution in [2.45, 2.75) is 63.1 Å². The molecule has 0 aliphatic carbocycles. The minimum absolute atomic E-state index is 0.0254. The second-order valence-electron chi connectivity index (χ2n) is 7.88. The highest BCUT2D eigenvalue weighted by molar-refractivity contribution is 5.82. The van der Waals surface area contributed by atoms with Gasteiger partial charge in [-0.1, -0.05) is 13.0 Å². The summed E-state index contributed by atoms with van der Waals surface area (Å²) in [6.07, 6.45) is 0.293. The van der Waals surface area contributed by atoms with E-state index in [1.165, 1.54) is 20.8 Å². The Kier molecular flexibility index (Phi) is 4.89. The molecule has 3 heterocycles. The van der Waals surface area contributed by atoms with Gasteiger partial charge in [-0.25, -0.2) is 9.59 Å². The third kappa shape index (κ3) is 3.05. The maximum Gasteiger partial charge on any atom is 0.341 e. The van der Waals surface area contributed by atoms with Crippen molar-refractivity contribution < 1.29 is 34.4 Å². The summed E-state index contributed by atoms with van der Waals surface area (Å²) < 4.78 is 10.9. The smallest absolute Gasteiger partial charge is 0.341 e. The molecule has 3 aliphatic rings. The first-order chi connectivity index (χ1) is 12.1. The van der Waals surface area contributed by atoms with Crippen molar-refractivity contribution in [3.05, 3.63) is 11.6 Å². The summed E-state index contributed by atoms with van der Waals surface area (Å²) in [6.45, 7) is 5.50. The fourth-order valence-corrected chi connectivity index (χ4v) is 3.95. The highest BCUT2D eigenvalue weighted by atomic mass is 16.6. The molecule has 0 unspecified atom stereocenters. The molecule has 0 spiro atoms. The number of cyclic esters (lactones) is 1. The second kappa shape index (κ2) is 6.60. The van der Waals surface area contributed by atoms with Crippen molar-refractivity contribution in [1.29, 1.82) is 0 Å². The molecule has 8 heteroatoms. The zero-order valence-corrected chi connectivity index (χ0v) is 15.3. The molecular formula is C18H27NO7. The summed E-state index contributed by atoms with van der Waals surface area (Å²) in [5.41, 5.74) is -3.33. The van der Waals surface area contributed by atoms with Crippen LogP contribution in [0.4, 0.5) is 0 Å². The Hall–Kier alpha value is -1.48. The standard InChI is InChI=1S/C18H27NO7/c1-10-8-18(24,11(2)20)16(22)26-13-5-7-19-6-4-12(14(13)19)9-25-15(21)17(10,3)23/h4,10-11,13-14,20,23-24H,5-9H2,1-3H3/t10-,11-,13-,14-,17-,18+/m1/s1. The number of rotatable bonds is 1. The van der Waals surface area contributed by atoms with Gasteiger partial charge in [0.1, 0.15) is 12.7 Å². The molecule has 146 valence electrons. The molecule has 8 nitrogen and oxygen atoms in total. The Balaban J connectivity index is 1.97. The average molecular weight is 369 g/mol. The number of aliphatic hydroxyl groups excluding tert-OH is 1. The summed E-state index contributed by atoms with van der Waals surface area (Å²) in [5, 5.41) is 31.5. The Labute approximate surface area is 152 Å². The first-order valence-corrected chi connectivity index (χ1v) is 9.01. The van der Waals surface area contributed by atoms with Gasteiger partial charge in [0, 0.05) is 13.1 Å². The van der Waals surface area contributed by atoms with Gasteiger partial charge in [-0.15, -0.1) is 0 Å². The van der Waals surface area contributed by atoms with Crippen LogP contribution < -0.4 is 0 Å². The summed E-state index contributed by atoms with van der Waals surface area (Å²) in [5.74, 6) is -2.60. The number of hydrogen-bond donors (Lipinski definition) is 3. The van der Waals surface area contributed by atoms with Crippen LogP contribution in [0.2, 0.25) is 0 Å². The van der Waals surface area contributed by atoms with Gasteiger partial charge in [-0.05, 0) is 38.2 Å². The lowest BCUT2D eigenvalue weighted by Crippen LogP contribution is -2.56. The van der Waals surface area contributed by atoms with Crippen LogP contribution in [-0.4, -0.2) is 81.3 Å². The van der Waals surface area contributed by atoms with Crippen molar-refractivity contribution in [2.75, 3.05) is 19.7 Å². The van der Waals surface area contributed by atoms with Gasteiger partial charge < -0.3 is 24.8 Å². The largest absolute Gasteiger partial charge is 0.459 e. The molecule has 3 N–H and O–H groups in total. The quantitative estimate of drug-likeness (QED) is 0.413. The van der Waals surface area contributed by atoms with E-state index in [9.17, 15) is 24.9 Å². The molecule has 3 aliphatic heterocycles. The first kappa shape index (κ1) is 19.3. The van der Waals surface area contributed by atoms with Crippen LogP contribution >= 0.6 is 0 Å². The maximum atomic E-state index is 12.7. The van der Waals surface area contributed by atoms with E-state index in [0.717, 1.165) is 12.1 Å². The molecule has 0 bridgehead atoms. The molecule has 0 radical (unpaired) electrons. The summed E-state index contributed by atoms with van der Waals surface area (Å²) in [4.78, 5) is 27.3. The average Bonchev–Trinajstić information content (AvgIpc) is 3.14. The van der Waals surface area contributed by atoms with Gasteiger partial charge >= 0.3 is 11.9 Å². The van der Waals surface area contributed by atoms with Crippen molar-refractivity contribution >= 4 is 11.9 Å². The highest BCUT2D eigenvalue weighted by Crippen LogP contribution is 2.36. The fourth-order valence-electron chi connectivity index (χ4n) is 3.95.